The zero-order valence-electron chi connectivity index (χ0n) is 12.5. The molecule has 0 radical (unpaired) electrons. The van der Waals surface area contributed by atoms with E-state index in [4.69, 9.17) is 0 Å². The van der Waals surface area contributed by atoms with E-state index in [-0.39, 0.29) is 0 Å². The van der Waals surface area contributed by atoms with Crippen molar-refractivity contribution < 1.29 is 4.57 Å². The van der Waals surface area contributed by atoms with Crippen molar-refractivity contribution in [2.75, 3.05) is 0 Å². The van der Waals surface area contributed by atoms with Gasteiger partial charge in [0.05, 0.1) is 0 Å². The first kappa shape index (κ1) is 15.2. The fourth-order valence-electron chi connectivity index (χ4n) is 2.37. The van der Waals surface area contributed by atoms with Crippen molar-refractivity contribution in [2.45, 2.75) is 78.7 Å². The van der Waals surface area contributed by atoms with Crippen LogP contribution in [0.25, 0.3) is 0 Å². The maximum atomic E-state index is 2.40. The number of pyridine rings is 1. The molecular weight excluding hydrogens is 218 g/mol. The molecule has 0 spiro atoms. The van der Waals surface area contributed by atoms with Gasteiger partial charge in [-0.15, -0.1) is 0 Å². The van der Waals surface area contributed by atoms with Crippen LogP contribution in [0.15, 0.2) is 18.5 Å². The minimum atomic E-state index is 1.14. The fraction of sp³-hybridized carbons (Fsp3) is 0.706. The highest BCUT2D eigenvalue weighted by Gasteiger charge is 2.05. The van der Waals surface area contributed by atoms with Crippen molar-refractivity contribution in [1.82, 2.24) is 0 Å². The lowest BCUT2D eigenvalue weighted by molar-refractivity contribution is -0.698. The lowest BCUT2D eigenvalue weighted by Gasteiger charge is -2.03. The minimum Gasteiger partial charge on any atom is -0.205 e. The quantitative estimate of drug-likeness (QED) is 0.449. The molecule has 0 amide bonds. The van der Waals surface area contributed by atoms with E-state index >= 15 is 0 Å². The van der Waals surface area contributed by atoms with Gasteiger partial charge in [0.1, 0.15) is 6.54 Å². The van der Waals surface area contributed by atoms with E-state index in [2.05, 4.69) is 43.8 Å². The van der Waals surface area contributed by atoms with Crippen LogP contribution < -0.4 is 4.57 Å². The summed E-state index contributed by atoms with van der Waals surface area (Å²) in [6.45, 7) is 7.94. The summed E-state index contributed by atoms with van der Waals surface area (Å²) in [5.41, 5.74) is 2.95. The van der Waals surface area contributed by atoms with E-state index in [0.717, 1.165) is 12.8 Å². The van der Waals surface area contributed by atoms with Gasteiger partial charge in [-0.25, -0.2) is 4.57 Å². The van der Waals surface area contributed by atoms with Crippen molar-refractivity contribution in [1.29, 1.82) is 0 Å². The Morgan fingerprint density at radius 2 is 1.33 bits per heavy atom. The van der Waals surface area contributed by atoms with E-state index in [1.54, 1.807) is 0 Å². The van der Waals surface area contributed by atoms with Crippen LogP contribution >= 0.6 is 0 Å². The summed E-state index contributed by atoms with van der Waals surface area (Å²) in [6, 6.07) is 2.34. The maximum absolute atomic E-state index is 2.40. The largest absolute Gasteiger partial charge is 0.205 e. The highest BCUT2D eigenvalue weighted by atomic mass is 14.9. The van der Waals surface area contributed by atoms with E-state index in [1.807, 2.05) is 0 Å². The number of rotatable bonds is 9. The van der Waals surface area contributed by atoms with Crippen molar-refractivity contribution in [3.63, 3.8) is 0 Å². The molecule has 0 aromatic carbocycles. The Morgan fingerprint density at radius 3 is 1.89 bits per heavy atom. The molecule has 102 valence electrons. The molecule has 0 saturated carbocycles. The van der Waals surface area contributed by atoms with E-state index in [0.29, 0.717) is 0 Å². The van der Waals surface area contributed by atoms with Crippen LogP contribution in [0.3, 0.4) is 0 Å². The van der Waals surface area contributed by atoms with Gasteiger partial charge < -0.3 is 0 Å². The Kier molecular flexibility index (Phi) is 7.71. The van der Waals surface area contributed by atoms with Crippen molar-refractivity contribution >= 4 is 0 Å². The summed E-state index contributed by atoms with van der Waals surface area (Å²) in [6.07, 6.45) is 15.2. The van der Waals surface area contributed by atoms with Gasteiger partial charge in [0.15, 0.2) is 12.4 Å². The number of nitrogens with zero attached hydrogens (tertiary/aromatic N) is 1. The molecule has 0 unspecified atom stereocenters. The van der Waals surface area contributed by atoms with Crippen LogP contribution in [0.4, 0.5) is 0 Å². The predicted octanol–water partition coefficient (Wildman–Crippen LogP) is 4.46. The van der Waals surface area contributed by atoms with Crippen LogP contribution in [-0.2, 0) is 19.4 Å². The van der Waals surface area contributed by atoms with E-state index in [9.17, 15) is 0 Å². The number of aryl methyl sites for hydroxylation is 3. The zero-order valence-corrected chi connectivity index (χ0v) is 12.5. The number of aromatic nitrogens is 1. The number of unbranched alkanes of at least 4 members (excludes halogenated alkanes) is 5. The summed E-state index contributed by atoms with van der Waals surface area (Å²) < 4.78 is 2.40. The Balaban J connectivity index is 2.36. The van der Waals surface area contributed by atoms with Gasteiger partial charge in [0, 0.05) is 17.5 Å². The third-order valence-corrected chi connectivity index (χ3v) is 3.62. The molecule has 0 saturated heterocycles. The molecule has 1 heterocycles. The smallest absolute Gasteiger partial charge is 0.171 e. The summed E-state index contributed by atoms with van der Waals surface area (Å²) in [5.74, 6) is 0. The first-order valence-electron chi connectivity index (χ1n) is 7.82. The van der Waals surface area contributed by atoms with Crippen LogP contribution in [0.5, 0.6) is 0 Å². The molecule has 0 aliphatic carbocycles. The Bertz CT molecular complexity index is 308. The average Bonchev–Trinajstić information content (AvgIpc) is 2.42. The normalized spacial score (nSPS) is 10.8. The molecule has 0 N–H and O–H groups in total. The first-order valence-corrected chi connectivity index (χ1v) is 7.82. The molecule has 0 bridgehead atoms. The van der Waals surface area contributed by atoms with Gasteiger partial charge in [-0.1, -0.05) is 46.5 Å². The van der Waals surface area contributed by atoms with Crippen molar-refractivity contribution in [2.24, 2.45) is 0 Å². The maximum Gasteiger partial charge on any atom is 0.171 e. The summed E-state index contributed by atoms with van der Waals surface area (Å²) in [7, 11) is 0. The van der Waals surface area contributed by atoms with E-state index < -0.39 is 0 Å². The monoisotopic (exact) mass is 248 g/mol. The van der Waals surface area contributed by atoms with Crippen LogP contribution in [0, 0.1) is 0 Å². The molecule has 0 atom stereocenters. The Morgan fingerprint density at radius 1 is 0.778 bits per heavy atom. The van der Waals surface area contributed by atoms with E-state index in [1.165, 1.54) is 56.2 Å². The van der Waals surface area contributed by atoms with Crippen LogP contribution in [0.1, 0.15) is 70.4 Å². The van der Waals surface area contributed by atoms with Gasteiger partial charge in [0.25, 0.3) is 0 Å². The molecule has 1 aromatic rings. The Hall–Kier alpha value is -0.850. The zero-order chi connectivity index (χ0) is 13.2. The third-order valence-electron chi connectivity index (χ3n) is 3.62. The molecule has 18 heavy (non-hydrogen) atoms. The summed E-state index contributed by atoms with van der Waals surface area (Å²) in [5, 5.41) is 0. The molecule has 0 aliphatic rings. The number of hydrogen-bond acceptors (Lipinski definition) is 0. The third kappa shape index (κ3) is 5.66. The second kappa shape index (κ2) is 9.13. The van der Waals surface area contributed by atoms with Gasteiger partial charge in [0.2, 0.25) is 0 Å². The van der Waals surface area contributed by atoms with Crippen molar-refractivity contribution in [3.8, 4) is 0 Å². The molecule has 1 nitrogen and oxygen atoms in total. The highest BCUT2D eigenvalue weighted by Crippen LogP contribution is 2.06. The van der Waals surface area contributed by atoms with Gasteiger partial charge in [-0.05, 0) is 25.3 Å². The number of hydrogen-bond donors (Lipinski definition) is 0. The standard InChI is InChI=1S/C17H30N/c1-4-7-8-9-10-11-12-18-14-16(5-2)13-17(6-3)15-18/h13-15H,4-12H2,1-3H3/q+1. The summed E-state index contributed by atoms with van der Waals surface area (Å²) >= 11 is 0. The Labute approximate surface area is 113 Å². The topological polar surface area (TPSA) is 3.88 Å². The molecular formula is C17H30N+. The second-order valence-corrected chi connectivity index (χ2v) is 5.27. The van der Waals surface area contributed by atoms with Gasteiger partial charge >= 0.3 is 0 Å². The van der Waals surface area contributed by atoms with Crippen LogP contribution in [0.2, 0.25) is 0 Å². The molecule has 1 rings (SSSR count). The lowest BCUT2D eigenvalue weighted by Crippen LogP contribution is -2.34. The average molecular weight is 248 g/mol. The fourth-order valence-corrected chi connectivity index (χ4v) is 2.37. The predicted molar refractivity (Wildman–Crippen MR) is 78.8 cm³/mol. The molecule has 1 aromatic heterocycles. The molecule has 1 heteroatoms. The second-order valence-electron chi connectivity index (χ2n) is 5.27. The SMILES string of the molecule is CCCCCCCC[n+]1cc(CC)cc(CC)c1. The summed E-state index contributed by atoms with van der Waals surface area (Å²) in [4.78, 5) is 0. The van der Waals surface area contributed by atoms with Crippen LogP contribution in [-0.4, -0.2) is 0 Å². The lowest BCUT2D eigenvalue weighted by atomic mass is 10.1. The highest BCUT2D eigenvalue weighted by molar-refractivity contribution is 5.14. The minimum absolute atomic E-state index is 1.14. The van der Waals surface area contributed by atoms with Crippen molar-refractivity contribution in [3.05, 3.63) is 29.6 Å². The molecule has 0 aliphatic heterocycles. The first-order chi connectivity index (χ1) is 8.80. The van der Waals surface area contributed by atoms with Gasteiger partial charge in [-0.2, -0.15) is 0 Å². The molecule has 0 fully saturated rings. The van der Waals surface area contributed by atoms with Gasteiger partial charge in [-0.3, -0.25) is 0 Å².